The van der Waals surface area contributed by atoms with Crippen LogP contribution in [0, 0.1) is 0 Å². The Morgan fingerprint density at radius 2 is 1.78 bits per heavy atom. The molecule has 0 saturated carbocycles. The number of aromatic nitrogens is 2. The Labute approximate surface area is 159 Å². The molecule has 0 amide bonds. The molecular weight excluding hydrogens is 330 g/mol. The topological polar surface area (TPSA) is 21.1 Å². The van der Waals surface area contributed by atoms with E-state index in [1.165, 1.54) is 33.2 Å². The van der Waals surface area contributed by atoms with Crippen molar-refractivity contribution in [3.05, 3.63) is 101 Å². The van der Waals surface area contributed by atoms with Crippen molar-refractivity contribution in [1.29, 1.82) is 0 Å². The van der Waals surface area contributed by atoms with Gasteiger partial charge in [-0.2, -0.15) is 5.10 Å². The largest absolute Gasteiger partial charge is 0.301 e. The molecule has 3 nitrogen and oxygen atoms in total. The Balaban J connectivity index is 1.56. The van der Waals surface area contributed by atoms with Gasteiger partial charge in [-0.25, -0.2) is 0 Å². The van der Waals surface area contributed by atoms with E-state index < -0.39 is 0 Å². The molecule has 0 fully saturated rings. The maximum atomic E-state index is 4.64. The number of nitrogens with zero attached hydrogens (tertiary/aromatic N) is 3. The van der Waals surface area contributed by atoms with Gasteiger partial charge in [0, 0.05) is 24.4 Å². The van der Waals surface area contributed by atoms with E-state index in [2.05, 4.69) is 94.5 Å². The van der Waals surface area contributed by atoms with Crippen LogP contribution < -0.4 is 0 Å². The average molecular weight is 353 g/mol. The molecule has 1 aliphatic rings. The van der Waals surface area contributed by atoms with Crippen molar-refractivity contribution in [2.24, 2.45) is 0 Å². The van der Waals surface area contributed by atoms with Crippen molar-refractivity contribution in [1.82, 2.24) is 14.7 Å². The van der Waals surface area contributed by atoms with E-state index in [9.17, 15) is 0 Å². The van der Waals surface area contributed by atoms with Gasteiger partial charge in [0.2, 0.25) is 0 Å². The highest BCUT2D eigenvalue weighted by Crippen LogP contribution is 2.34. The highest BCUT2D eigenvalue weighted by molar-refractivity contribution is 5.79. The Kier molecular flexibility index (Phi) is 4.02. The summed E-state index contributed by atoms with van der Waals surface area (Å²) in [5.74, 6) is 0.407. The lowest BCUT2D eigenvalue weighted by molar-refractivity contribution is 0.295. The van der Waals surface area contributed by atoms with Gasteiger partial charge in [0.15, 0.2) is 0 Å². The maximum Gasteiger partial charge on any atom is 0.0689 e. The molecule has 3 heteroatoms. The highest BCUT2D eigenvalue weighted by Gasteiger charge is 2.24. The summed E-state index contributed by atoms with van der Waals surface area (Å²) in [5.41, 5.74) is 6.76. The molecule has 1 atom stereocenters. The lowest BCUT2D eigenvalue weighted by atomic mass is 9.84. The zero-order valence-electron chi connectivity index (χ0n) is 15.5. The molecule has 0 spiro atoms. The Morgan fingerprint density at radius 1 is 0.963 bits per heavy atom. The number of rotatable bonds is 3. The number of hydrogen-bond acceptors (Lipinski definition) is 2. The monoisotopic (exact) mass is 353 g/mol. The normalized spacial score (nSPS) is 17.1. The summed E-state index contributed by atoms with van der Waals surface area (Å²) in [6, 6.07) is 26.2. The van der Waals surface area contributed by atoms with Crippen LogP contribution in [0.25, 0.3) is 10.9 Å². The van der Waals surface area contributed by atoms with E-state index in [1.54, 1.807) is 0 Å². The van der Waals surface area contributed by atoms with Crippen LogP contribution in [0.1, 0.15) is 28.2 Å². The van der Waals surface area contributed by atoms with Gasteiger partial charge in [0.25, 0.3) is 0 Å². The molecule has 2 heterocycles. The predicted molar refractivity (Wildman–Crippen MR) is 110 cm³/mol. The minimum Gasteiger partial charge on any atom is -0.301 e. The summed E-state index contributed by atoms with van der Waals surface area (Å²) in [6.07, 6.45) is 1.98. The summed E-state index contributed by atoms with van der Waals surface area (Å²) in [4.78, 5) is 2.42. The fraction of sp³-hybridized carbons (Fsp3) is 0.208. The first kappa shape index (κ1) is 16.3. The summed E-state index contributed by atoms with van der Waals surface area (Å²) in [7, 11) is 2.21. The van der Waals surface area contributed by atoms with Crippen LogP contribution in [-0.4, -0.2) is 28.3 Å². The minimum absolute atomic E-state index is 0.407. The number of hydrogen-bond donors (Lipinski definition) is 0. The molecule has 0 aliphatic carbocycles. The molecule has 27 heavy (non-hydrogen) atoms. The van der Waals surface area contributed by atoms with E-state index >= 15 is 0 Å². The third-order valence-corrected chi connectivity index (χ3v) is 5.61. The van der Waals surface area contributed by atoms with Crippen molar-refractivity contribution in [3.63, 3.8) is 0 Å². The summed E-state index contributed by atoms with van der Waals surface area (Å²) in [6.45, 7) is 2.88. The minimum atomic E-state index is 0.407. The van der Waals surface area contributed by atoms with Gasteiger partial charge >= 0.3 is 0 Å². The van der Waals surface area contributed by atoms with Gasteiger partial charge in [0.05, 0.1) is 18.3 Å². The van der Waals surface area contributed by atoms with E-state index in [0.29, 0.717) is 5.92 Å². The molecule has 134 valence electrons. The smallest absolute Gasteiger partial charge is 0.0689 e. The predicted octanol–water partition coefficient (Wildman–Crippen LogP) is 4.66. The molecule has 0 saturated heterocycles. The summed E-state index contributed by atoms with van der Waals surface area (Å²) in [5, 5.41) is 5.84. The lowest BCUT2D eigenvalue weighted by Gasteiger charge is -2.32. The van der Waals surface area contributed by atoms with E-state index in [4.69, 9.17) is 0 Å². The van der Waals surface area contributed by atoms with Gasteiger partial charge in [-0.1, -0.05) is 66.7 Å². The molecule has 0 N–H and O–H groups in total. The van der Waals surface area contributed by atoms with Gasteiger partial charge in [-0.05, 0) is 35.4 Å². The highest BCUT2D eigenvalue weighted by atomic mass is 15.3. The van der Waals surface area contributed by atoms with Crippen molar-refractivity contribution in [3.8, 4) is 0 Å². The summed E-state index contributed by atoms with van der Waals surface area (Å²) < 4.78 is 2.12. The van der Waals surface area contributed by atoms with E-state index in [1.807, 2.05) is 6.20 Å². The molecule has 1 aromatic heterocycles. The molecule has 1 unspecified atom stereocenters. The molecule has 0 radical (unpaired) electrons. The van der Waals surface area contributed by atoms with Gasteiger partial charge < -0.3 is 4.90 Å². The second-order valence-electron chi connectivity index (χ2n) is 7.55. The van der Waals surface area contributed by atoms with Crippen LogP contribution in [0.4, 0.5) is 0 Å². The Hall–Kier alpha value is -2.91. The van der Waals surface area contributed by atoms with Gasteiger partial charge in [-0.15, -0.1) is 0 Å². The third kappa shape index (κ3) is 3.04. The van der Waals surface area contributed by atoms with Crippen molar-refractivity contribution in [2.75, 3.05) is 13.6 Å². The molecule has 4 aromatic rings. The second kappa shape index (κ2) is 6.67. The molecule has 0 bridgehead atoms. The van der Waals surface area contributed by atoms with E-state index in [-0.39, 0.29) is 0 Å². The zero-order chi connectivity index (χ0) is 18.2. The SMILES string of the molecule is CN1Cc2ccccc2C(c2ccc3cnn(Cc4ccccc4)c3c2)C1. The Morgan fingerprint density at radius 3 is 2.67 bits per heavy atom. The number of benzene rings is 3. The third-order valence-electron chi connectivity index (χ3n) is 5.61. The zero-order valence-corrected chi connectivity index (χ0v) is 15.5. The number of likely N-dealkylation sites (N-methyl/N-ethyl adjacent to an activating group) is 1. The molecule has 3 aromatic carbocycles. The molecular formula is C24H23N3. The molecule has 5 rings (SSSR count). The summed E-state index contributed by atoms with van der Waals surface area (Å²) >= 11 is 0. The van der Waals surface area contributed by atoms with Crippen LogP contribution in [0.15, 0.2) is 79.0 Å². The van der Waals surface area contributed by atoms with Crippen LogP contribution in [-0.2, 0) is 13.1 Å². The lowest BCUT2D eigenvalue weighted by Crippen LogP contribution is -2.30. The fourth-order valence-corrected chi connectivity index (χ4v) is 4.26. The van der Waals surface area contributed by atoms with Crippen molar-refractivity contribution in [2.45, 2.75) is 19.0 Å². The number of fused-ring (bicyclic) bond motifs is 2. The first-order valence-corrected chi connectivity index (χ1v) is 9.54. The quantitative estimate of drug-likeness (QED) is 0.534. The van der Waals surface area contributed by atoms with E-state index in [0.717, 1.165) is 19.6 Å². The standard InChI is InChI=1S/C24H23N3/c1-26-16-21-9-5-6-10-22(21)23(17-26)19-11-12-20-14-25-27(24(20)13-19)15-18-7-3-2-4-8-18/h2-14,23H,15-17H2,1H3. The fourth-order valence-electron chi connectivity index (χ4n) is 4.26. The first-order valence-electron chi connectivity index (χ1n) is 9.54. The first-order chi connectivity index (χ1) is 13.3. The van der Waals surface area contributed by atoms with Crippen LogP contribution in [0.3, 0.4) is 0 Å². The van der Waals surface area contributed by atoms with Crippen LogP contribution in [0.2, 0.25) is 0 Å². The molecule has 1 aliphatic heterocycles. The van der Waals surface area contributed by atoms with Gasteiger partial charge in [-0.3, -0.25) is 4.68 Å². The van der Waals surface area contributed by atoms with Crippen molar-refractivity contribution >= 4 is 10.9 Å². The van der Waals surface area contributed by atoms with Crippen molar-refractivity contribution < 1.29 is 0 Å². The second-order valence-corrected chi connectivity index (χ2v) is 7.55. The maximum absolute atomic E-state index is 4.64. The van der Waals surface area contributed by atoms with Crippen LogP contribution in [0.5, 0.6) is 0 Å². The Bertz CT molecular complexity index is 1080. The average Bonchev–Trinajstić information content (AvgIpc) is 3.10. The van der Waals surface area contributed by atoms with Gasteiger partial charge in [0.1, 0.15) is 0 Å². The van der Waals surface area contributed by atoms with Crippen LogP contribution >= 0.6 is 0 Å².